The van der Waals surface area contributed by atoms with Crippen LogP contribution in [0.3, 0.4) is 0 Å². The number of esters is 1. The monoisotopic (exact) mass is 206 g/mol. The molecule has 4 nitrogen and oxygen atoms in total. The van der Waals surface area contributed by atoms with Gasteiger partial charge in [0.2, 0.25) is 0 Å². The molecule has 0 aromatic carbocycles. The zero-order chi connectivity index (χ0) is 10.1. The molecule has 0 unspecified atom stereocenters. The number of aliphatic hydroxyl groups is 1. The Morgan fingerprint density at radius 2 is 2.15 bits per heavy atom. The van der Waals surface area contributed by atoms with Crippen molar-refractivity contribution in [1.82, 2.24) is 0 Å². The number of rotatable bonds is 7. The maximum absolute atomic E-state index is 11.0. The second-order valence-corrected chi connectivity index (χ2v) is 3.40. The topological polar surface area (TPSA) is 63.6 Å². The summed E-state index contributed by atoms with van der Waals surface area (Å²) < 4.78 is 4.60. The molecular weight excluding hydrogens is 192 g/mol. The van der Waals surface area contributed by atoms with Crippen LogP contribution in [0.15, 0.2) is 0 Å². The number of Topliss-reactive ketones (excluding diaryl/α,β-unsaturated/α-hetero) is 1. The van der Waals surface area contributed by atoms with Gasteiger partial charge in [-0.15, -0.1) is 0 Å². The van der Waals surface area contributed by atoms with Gasteiger partial charge in [0.25, 0.3) is 0 Å². The maximum Gasteiger partial charge on any atom is 0.313 e. The average molecular weight is 206 g/mol. The van der Waals surface area contributed by atoms with E-state index < -0.39 is 5.97 Å². The molecule has 0 rings (SSSR count). The number of hydrogen-bond donors (Lipinski definition) is 1. The second-order valence-electron chi connectivity index (χ2n) is 2.30. The van der Waals surface area contributed by atoms with Crippen molar-refractivity contribution in [3.8, 4) is 0 Å². The van der Waals surface area contributed by atoms with Gasteiger partial charge in [-0.3, -0.25) is 9.59 Å². The quantitative estimate of drug-likeness (QED) is 0.367. The third kappa shape index (κ3) is 7.80. The van der Waals surface area contributed by atoms with Crippen molar-refractivity contribution >= 4 is 23.5 Å². The lowest BCUT2D eigenvalue weighted by Gasteiger charge is -2.00. The van der Waals surface area contributed by atoms with E-state index in [1.54, 1.807) is 6.92 Å². The van der Waals surface area contributed by atoms with Gasteiger partial charge in [0, 0.05) is 5.75 Å². The lowest BCUT2D eigenvalue weighted by Crippen LogP contribution is -2.13. The largest absolute Gasteiger partial charge is 0.466 e. The smallest absolute Gasteiger partial charge is 0.313 e. The summed E-state index contributed by atoms with van der Waals surface area (Å²) in [6.45, 7) is 2.05. The standard InChI is InChI=1S/C8H14O4S/c1-2-12-8(11)5-7(10)6-13-4-3-9/h9H,2-6H2,1H3. The second kappa shape index (κ2) is 8.07. The van der Waals surface area contributed by atoms with Crippen LogP contribution in [0.4, 0.5) is 0 Å². The van der Waals surface area contributed by atoms with E-state index in [2.05, 4.69) is 4.74 Å². The summed E-state index contributed by atoms with van der Waals surface area (Å²) >= 11 is 1.31. The minimum Gasteiger partial charge on any atom is -0.466 e. The number of ketones is 1. The van der Waals surface area contributed by atoms with Gasteiger partial charge in [0.15, 0.2) is 5.78 Å². The molecule has 13 heavy (non-hydrogen) atoms. The molecule has 0 atom stereocenters. The number of thioether (sulfide) groups is 1. The van der Waals surface area contributed by atoms with Crippen molar-refractivity contribution < 1.29 is 19.4 Å². The Bertz CT molecular complexity index is 170. The third-order valence-corrected chi connectivity index (χ3v) is 2.14. The van der Waals surface area contributed by atoms with E-state index in [1.165, 1.54) is 11.8 Å². The summed E-state index contributed by atoms with van der Waals surface area (Å²) in [6, 6.07) is 0. The number of carbonyl (C=O) groups excluding carboxylic acids is 2. The van der Waals surface area contributed by atoms with E-state index in [-0.39, 0.29) is 24.6 Å². The summed E-state index contributed by atoms with van der Waals surface area (Å²) in [5, 5.41) is 8.42. The van der Waals surface area contributed by atoms with E-state index in [9.17, 15) is 9.59 Å². The van der Waals surface area contributed by atoms with Crippen molar-refractivity contribution in [3.63, 3.8) is 0 Å². The predicted molar refractivity (Wildman–Crippen MR) is 50.7 cm³/mol. The molecule has 76 valence electrons. The van der Waals surface area contributed by atoms with Gasteiger partial charge in [-0.2, -0.15) is 11.8 Å². The van der Waals surface area contributed by atoms with E-state index in [4.69, 9.17) is 5.11 Å². The predicted octanol–water partition coefficient (Wildman–Crippen LogP) is 0.234. The highest BCUT2D eigenvalue weighted by molar-refractivity contribution is 7.99. The Morgan fingerprint density at radius 1 is 1.46 bits per heavy atom. The minimum atomic E-state index is -0.475. The van der Waals surface area contributed by atoms with Gasteiger partial charge in [0.1, 0.15) is 6.42 Å². The van der Waals surface area contributed by atoms with Gasteiger partial charge < -0.3 is 9.84 Å². The summed E-state index contributed by atoms with van der Waals surface area (Å²) in [5.74, 6) is 0.155. The van der Waals surface area contributed by atoms with Crippen LogP contribution in [-0.2, 0) is 14.3 Å². The summed E-state index contributed by atoms with van der Waals surface area (Å²) in [6.07, 6.45) is -0.160. The third-order valence-electron chi connectivity index (χ3n) is 1.15. The highest BCUT2D eigenvalue weighted by Crippen LogP contribution is 2.01. The van der Waals surface area contributed by atoms with Gasteiger partial charge in [-0.25, -0.2) is 0 Å². The Labute approximate surface area is 81.6 Å². The minimum absolute atomic E-state index is 0.0529. The zero-order valence-corrected chi connectivity index (χ0v) is 8.43. The Kier molecular flexibility index (Phi) is 7.73. The van der Waals surface area contributed by atoms with Crippen LogP contribution < -0.4 is 0 Å². The van der Waals surface area contributed by atoms with Gasteiger partial charge in [-0.05, 0) is 6.92 Å². The summed E-state index contributed by atoms with van der Waals surface area (Å²) in [5.41, 5.74) is 0. The van der Waals surface area contributed by atoms with Crippen molar-refractivity contribution in [2.75, 3.05) is 24.7 Å². The van der Waals surface area contributed by atoms with Gasteiger partial charge >= 0.3 is 5.97 Å². The van der Waals surface area contributed by atoms with Crippen molar-refractivity contribution in [3.05, 3.63) is 0 Å². The molecule has 0 aromatic rings. The lowest BCUT2D eigenvalue weighted by atomic mass is 10.3. The molecule has 0 saturated carbocycles. The van der Waals surface area contributed by atoms with E-state index in [0.29, 0.717) is 12.4 Å². The number of ether oxygens (including phenoxy) is 1. The molecule has 0 heterocycles. The highest BCUT2D eigenvalue weighted by atomic mass is 32.2. The van der Waals surface area contributed by atoms with Crippen LogP contribution >= 0.6 is 11.8 Å². The fourth-order valence-electron chi connectivity index (χ4n) is 0.675. The fraction of sp³-hybridized carbons (Fsp3) is 0.750. The molecule has 0 aromatic heterocycles. The maximum atomic E-state index is 11.0. The summed E-state index contributed by atoms with van der Waals surface area (Å²) in [7, 11) is 0. The van der Waals surface area contributed by atoms with Crippen LogP contribution in [0.2, 0.25) is 0 Å². The van der Waals surface area contributed by atoms with Crippen molar-refractivity contribution in [1.29, 1.82) is 0 Å². The van der Waals surface area contributed by atoms with Crippen LogP contribution in [-0.4, -0.2) is 41.6 Å². The molecule has 0 saturated heterocycles. The molecule has 1 N–H and O–H groups in total. The normalized spacial score (nSPS) is 9.69. The molecular formula is C8H14O4S. The first kappa shape index (κ1) is 12.4. The molecule has 0 amide bonds. The van der Waals surface area contributed by atoms with E-state index >= 15 is 0 Å². The molecule has 0 radical (unpaired) electrons. The van der Waals surface area contributed by atoms with Crippen molar-refractivity contribution in [2.24, 2.45) is 0 Å². The Morgan fingerprint density at radius 3 is 2.69 bits per heavy atom. The van der Waals surface area contributed by atoms with Crippen LogP contribution in [0.5, 0.6) is 0 Å². The lowest BCUT2D eigenvalue weighted by molar-refractivity contribution is -0.145. The average Bonchev–Trinajstić information content (AvgIpc) is 2.05. The first-order chi connectivity index (χ1) is 6.20. The highest BCUT2D eigenvalue weighted by Gasteiger charge is 2.09. The number of carbonyl (C=O) groups is 2. The zero-order valence-electron chi connectivity index (χ0n) is 7.62. The Hall–Kier alpha value is -0.550. The van der Waals surface area contributed by atoms with Gasteiger partial charge in [-0.1, -0.05) is 0 Å². The first-order valence-electron chi connectivity index (χ1n) is 4.06. The molecule has 0 bridgehead atoms. The molecule has 0 aliphatic heterocycles. The Balaban J connectivity index is 3.44. The fourth-order valence-corrected chi connectivity index (χ4v) is 1.28. The van der Waals surface area contributed by atoms with Crippen LogP contribution in [0, 0.1) is 0 Å². The molecule has 0 aliphatic carbocycles. The van der Waals surface area contributed by atoms with E-state index in [0.717, 1.165) is 0 Å². The molecule has 5 heteroatoms. The molecule has 0 fully saturated rings. The molecule has 0 spiro atoms. The van der Waals surface area contributed by atoms with Crippen LogP contribution in [0.1, 0.15) is 13.3 Å². The first-order valence-corrected chi connectivity index (χ1v) is 5.22. The summed E-state index contributed by atoms with van der Waals surface area (Å²) in [4.78, 5) is 21.8. The number of aliphatic hydroxyl groups excluding tert-OH is 1. The van der Waals surface area contributed by atoms with Crippen LogP contribution in [0.25, 0.3) is 0 Å². The number of hydrogen-bond acceptors (Lipinski definition) is 5. The van der Waals surface area contributed by atoms with E-state index in [1.807, 2.05) is 0 Å². The molecule has 0 aliphatic rings. The van der Waals surface area contributed by atoms with Crippen molar-refractivity contribution in [2.45, 2.75) is 13.3 Å². The van der Waals surface area contributed by atoms with Gasteiger partial charge in [0.05, 0.1) is 19.0 Å². The SMILES string of the molecule is CCOC(=O)CC(=O)CSCCO.